The summed E-state index contributed by atoms with van der Waals surface area (Å²) >= 11 is 0. The van der Waals surface area contributed by atoms with Crippen LogP contribution in [-0.4, -0.2) is 37.5 Å². The van der Waals surface area contributed by atoms with Crippen LogP contribution in [0.15, 0.2) is 84.9 Å². The van der Waals surface area contributed by atoms with E-state index in [4.69, 9.17) is 4.74 Å². The van der Waals surface area contributed by atoms with Crippen molar-refractivity contribution in [2.75, 3.05) is 19.7 Å². The fourth-order valence-corrected chi connectivity index (χ4v) is 3.95. The lowest BCUT2D eigenvalue weighted by Gasteiger charge is -2.10. The molecule has 0 unspecified atom stereocenters. The van der Waals surface area contributed by atoms with E-state index in [1.165, 1.54) is 0 Å². The minimum absolute atomic E-state index is 0.156. The number of hydrogen-bond acceptors (Lipinski definition) is 4. The molecule has 6 nitrogen and oxygen atoms in total. The lowest BCUT2D eigenvalue weighted by atomic mass is 10.0. The normalized spacial score (nSPS) is 10.7. The van der Waals surface area contributed by atoms with E-state index in [2.05, 4.69) is 28.8 Å². The van der Waals surface area contributed by atoms with Gasteiger partial charge in [0.15, 0.2) is 6.61 Å². The first kappa shape index (κ1) is 23.0. The first-order valence-electron chi connectivity index (χ1n) is 11.2. The summed E-state index contributed by atoms with van der Waals surface area (Å²) in [6.07, 6.45) is 0.828. The van der Waals surface area contributed by atoms with Crippen LogP contribution in [0, 0.1) is 0 Å². The lowest BCUT2D eigenvalue weighted by Crippen LogP contribution is -2.35. The summed E-state index contributed by atoms with van der Waals surface area (Å²) in [7, 11) is 0. The van der Waals surface area contributed by atoms with Gasteiger partial charge in [-0.1, -0.05) is 84.9 Å². The molecule has 0 aliphatic rings. The molecule has 0 saturated carbocycles. The predicted octanol–water partition coefficient (Wildman–Crippen LogP) is 3.55. The highest BCUT2D eigenvalue weighted by atomic mass is 16.5. The number of carbonyl (C=O) groups excluding carboxylic acids is 3. The van der Waals surface area contributed by atoms with Crippen LogP contribution in [0.4, 0.5) is 0 Å². The van der Waals surface area contributed by atoms with Crippen LogP contribution >= 0.6 is 0 Å². The van der Waals surface area contributed by atoms with Crippen molar-refractivity contribution in [3.63, 3.8) is 0 Å². The molecule has 0 aliphatic carbocycles. The lowest BCUT2D eigenvalue weighted by molar-refractivity contribution is -0.148. The molecule has 2 amide bonds. The quantitative estimate of drug-likeness (QED) is 0.379. The fourth-order valence-electron chi connectivity index (χ4n) is 3.95. The van der Waals surface area contributed by atoms with Crippen LogP contribution in [0.3, 0.4) is 0 Å². The van der Waals surface area contributed by atoms with Crippen molar-refractivity contribution in [3.05, 3.63) is 96.1 Å². The van der Waals surface area contributed by atoms with E-state index in [1.54, 1.807) is 0 Å². The Morgan fingerprint density at radius 2 is 1.24 bits per heavy atom. The third-order valence-corrected chi connectivity index (χ3v) is 5.62. The third-order valence-electron chi connectivity index (χ3n) is 5.62. The molecule has 0 aromatic heterocycles. The molecule has 34 heavy (non-hydrogen) atoms. The SMILES string of the molecule is O=C(COC(=O)CNC(=O)Cc1cccc2ccccc12)NCCc1cccc2ccccc12. The van der Waals surface area contributed by atoms with Crippen LogP contribution < -0.4 is 10.6 Å². The smallest absolute Gasteiger partial charge is 0.325 e. The first-order valence-corrected chi connectivity index (χ1v) is 11.2. The number of nitrogens with one attached hydrogen (secondary N) is 2. The van der Waals surface area contributed by atoms with Crippen LogP contribution in [0.1, 0.15) is 11.1 Å². The number of carbonyl (C=O) groups is 3. The van der Waals surface area contributed by atoms with Crippen molar-refractivity contribution in [2.45, 2.75) is 12.8 Å². The van der Waals surface area contributed by atoms with Gasteiger partial charge in [0.2, 0.25) is 5.91 Å². The minimum Gasteiger partial charge on any atom is -0.454 e. The summed E-state index contributed by atoms with van der Waals surface area (Å²) in [4.78, 5) is 36.2. The Morgan fingerprint density at radius 1 is 0.647 bits per heavy atom. The zero-order valence-corrected chi connectivity index (χ0v) is 18.8. The Morgan fingerprint density at radius 3 is 1.94 bits per heavy atom. The number of esters is 1. The molecule has 0 aliphatic heterocycles. The molecule has 0 saturated heterocycles. The van der Waals surface area contributed by atoms with Crippen molar-refractivity contribution in [3.8, 4) is 0 Å². The van der Waals surface area contributed by atoms with Gasteiger partial charge in [-0.2, -0.15) is 0 Å². The highest BCUT2D eigenvalue weighted by molar-refractivity contribution is 5.91. The summed E-state index contributed by atoms with van der Waals surface area (Å²) < 4.78 is 4.98. The Labute approximate surface area is 197 Å². The summed E-state index contributed by atoms with van der Waals surface area (Å²) in [5.74, 6) is -1.32. The number of amides is 2. The molecule has 4 aromatic rings. The van der Waals surface area contributed by atoms with E-state index >= 15 is 0 Å². The zero-order chi connectivity index (χ0) is 23.8. The van der Waals surface area contributed by atoms with Crippen LogP contribution in [-0.2, 0) is 32.0 Å². The van der Waals surface area contributed by atoms with Crippen molar-refractivity contribution >= 4 is 39.3 Å². The maximum absolute atomic E-state index is 12.3. The number of rotatable bonds is 9. The maximum atomic E-state index is 12.3. The highest BCUT2D eigenvalue weighted by Gasteiger charge is 2.11. The van der Waals surface area contributed by atoms with Gasteiger partial charge in [0.25, 0.3) is 5.91 Å². The largest absolute Gasteiger partial charge is 0.454 e. The fraction of sp³-hybridized carbons (Fsp3) is 0.179. The van der Waals surface area contributed by atoms with Gasteiger partial charge in [-0.25, -0.2) is 0 Å². The average Bonchev–Trinajstić information content (AvgIpc) is 2.86. The number of hydrogen-bond donors (Lipinski definition) is 2. The van der Waals surface area contributed by atoms with E-state index in [1.807, 2.05) is 66.7 Å². The number of fused-ring (bicyclic) bond motifs is 2. The van der Waals surface area contributed by atoms with E-state index < -0.39 is 5.97 Å². The van der Waals surface area contributed by atoms with Gasteiger partial charge in [0.05, 0.1) is 6.42 Å². The van der Waals surface area contributed by atoms with Gasteiger partial charge in [-0.15, -0.1) is 0 Å². The summed E-state index contributed by atoms with van der Waals surface area (Å²) in [6, 6.07) is 27.8. The molecule has 4 rings (SSSR count). The Bertz CT molecular complexity index is 1320. The number of ether oxygens (including phenoxy) is 1. The molecular formula is C28H26N2O4. The van der Waals surface area contributed by atoms with Gasteiger partial charge >= 0.3 is 5.97 Å². The number of benzene rings is 4. The van der Waals surface area contributed by atoms with E-state index in [-0.39, 0.29) is 31.4 Å². The van der Waals surface area contributed by atoms with E-state index in [9.17, 15) is 14.4 Å². The summed E-state index contributed by atoms with van der Waals surface area (Å²) in [5.41, 5.74) is 2.03. The Balaban J connectivity index is 1.16. The van der Waals surface area contributed by atoms with Gasteiger partial charge in [0.1, 0.15) is 6.54 Å². The molecule has 6 heteroatoms. The van der Waals surface area contributed by atoms with Gasteiger partial charge < -0.3 is 15.4 Å². The second-order valence-corrected chi connectivity index (χ2v) is 7.99. The molecule has 0 bridgehead atoms. The first-order chi connectivity index (χ1) is 16.6. The Kier molecular flexibility index (Phi) is 7.50. The molecule has 0 spiro atoms. The molecule has 0 atom stereocenters. The standard InChI is InChI=1S/C28H26N2O4/c31-26(17-23-12-6-10-21-8-2-4-14-25(21)23)30-18-28(33)34-19-27(32)29-16-15-22-11-5-9-20-7-1-3-13-24(20)22/h1-14H,15-19H2,(H,29,32)(H,30,31). The molecule has 0 radical (unpaired) electrons. The van der Waals surface area contributed by atoms with E-state index in [0.29, 0.717) is 13.0 Å². The molecule has 172 valence electrons. The van der Waals surface area contributed by atoms with Crippen LogP contribution in [0.25, 0.3) is 21.5 Å². The zero-order valence-electron chi connectivity index (χ0n) is 18.8. The van der Waals surface area contributed by atoms with Crippen LogP contribution in [0.5, 0.6) is 0 Å². The Hall–Kier alpha value is -4.19. The summed E-state index contributed by atoms with van der Waals surface area (Å²) in [6.45, 7) is -0.230. The second kappa shape index (κ2) is 11.1. The molecule has 4 aromatic carbocycles. The van der Waals surface area contributed by atoms with Gasteiger partial charge in [-0.05, 0) is 39.1 Å². The van der Waals surface area contributed by atoms with Crippen molar-refractivity contribution in [1.82, 2.24) is 10.6 Å². The predicted molar refractivity (Wildman–Crippen MR) is 132 cm³/mol. The highest BCUT2D eigenvalue weighted by Crippen LogP contribution is 2.19. The molecule has 2 N–H and O–H groups in total. The summed E-state index contributed by atoms with van der Waals surface area (Å²) in [5, 5.41) is 9.69. The van der Waals surface area contributed by atoms with Gasteiger partial charge in [-0.3, -0.25) is 14.4 Å². The minimum atomic E-state index is -0.657. The van der Waals surface area contributed by atoms with Crippen molar-refractivity contribution < 1.29 is 19.1 Å². The molecular weight excluding hydrogens is 428 g/mol. The second-order valence-electron chi connectivity index (χ2n) is 7.99. The van der Waals surface area contributed by atoms with Gasteiger partial charge in [0, 0.05) is 6.54 Å². The average molecular weight is 455 g/mol. The van der Waals surface area contributed by atoms with Crippen LogP contribution in [0.2, 0.25) is 0 Å². The molecule has 0 fully saturated rings. The third kappa shape index (κ3) is 5.98. The molecule has 0 heterocycles. The van der Waals surface area contributed by atoms with Crippen molar-refractivity contribution in [1.29, 1.82) is 0 Å². The topological polar surface area (TPSA) is 84.5 Å². The van der Waals surface area contributed by atoms with Crippen molar-refractivity contribution in [2.24, 2.45) is 0 Å². The maximum Gasteiger partial charge on any atom is 0.325 e. The van der Waals surface area contributed by atoms with E-state index in [0.717, 1.165) is 32.7 Å². The monoisotopic (exact) mass is 454 g/mol.